The zero-order valence-corrected chi connectivity index (χ0v) is 15.2. The zero-order valence-electron chi connectivity index (χ0n) is 14.4. The number of ether oxygens (including phenoxy) is 1. The fourth-order valence-corrected chi connectivity index (χ4v) is 4.67. The van der Waals surface area contributed by atoms with Crippen LogP contribution < -0.4 is 0 Å². The molecule has 2 heterocycles. The molecule has 1 aromatic rings. The van der Waals surface area contributed by atoms with Crippen LogP contribution in [0.4, 0.5) is 4.79 Å². The Bertz CT molecular complexity index is 691. The molecule has 2 aliphatic rings. The van der Waals surface area contributed by atoms with Crippen LogP contribution in [0.1, 0.15) is 38.3 Å². The van der Waals surface area contributed by atoms with Crippen LogP contribution in [-0.2, 0) is 11.2 Å². The van der Waals surface area contributed by atoms with E-state index in [-0.39, 0.29) is 6.09 Å². The van der Waals surface area contributed by atoms with Crippen molar-refractivity contribution in [1.82, 2.24) is 4.90 Å². The summed E-state index contributed by atoms with van der Waals surface area (Å²) in [5.74, 6) is 0.428. The Morgan fingerprint density at radius 1 is 1.25 bits per heavy atom. The van der Waals surface area contributed by atoms with Crippen molar-refractivity contribution in [3.8, 4) is 0 Å². The summed E-state index contributed by atoms with van der Waals surface area (Å²) in [5, 5.41) is 0. The van der Waals surface area contributed by atoms with Gasteiger partial charge < -0.3 is 9.64 Å². The van der Waals surface area contributed by atoms with Crippen LogP contribution in [0.25, 0.3) is 5.57 Å². The summed E-state index contributed by atoms with van der Waals surface area (Å²) in [6.45, 7) is 6.77. The second-order valence-corrected chi connectivity index (χ2v) is 9.53. The predicted molar refractivity (Wildman–Crippen MR) is 96.5 cm³/mol. The number of carbonyl (C=O) groups is 1. The fraction of sp³-hybridized carbons (Fsp3) is 0.500. The Morgan fingerprint density at radius 2 is 2.00 bits per heavy atom. The molecule has 0 saturated heterocycles. The van der Waals surface area contributed by atoms with E-state index in [1.807, 2.05) is 32.9 Å². The fourth-order valence-electron chi connectivity index (χ4n) is 3.08. The summed E-state index contributed by atoms with van der Waals surface area (Å²) in [6.07, 6.45) is 3.26. The minimum Gasteiger partial charge on any atom is -0.444 e. The molecule has 5 nitrogen and oxygen atoms in total. The lowest BCUT2D eigenvalue weighted by Crippen LogP contribution is -2.39. The SMILES string of the molecule is CC(C)(C)OC(=O)N1CC=C(c2ccc3c(c2)CCS3(O)O)CC1. The minimum atomic E-state index is -2.58. The molecule has 0 radical (unpaired) electrons. The van der Waals surface area contributed by atoms with Crippen LogP contribution in [0, 0.1) is 0 Å². The van der Waals surface area contributed by atoms with Crippen LogP contribution in [-0.4, -0.2) is 44.5 Å². The lowest BCUT2D eigenvalue weighted by molar-refractivity contribution is 0.0270. The molecular formula is C18H25NO4S. The molecule has 6 heteroatoms. The summed E-state index contributed by atoms with van der Waals surface area (Å²) < 4.78 is 25.4. The number of rotatable bonds is 1. The highest BCUT2D eigenvalue weighted by Gasteiger charge is 2.28. The van der Waals surface area contributed by atoms with E-state index in [1.165, 1.54) is 5.57 Å². The van der Waals surface area contributed by atoms with Gasteiger partial charge in [-0.2, -0.15) is 10.6 Å². The van der Waals surface area contributed by atoms with Gasteiger partial charge in [0.25, 0.3) is 0 Å². The molecule has 0 atom stereocenters. The quantitative estimate of drug-likeness (QED) is 0.788. The first-order valence-corrected chi connectivity index (χ1v) is 9.93. The molecule has 132 valence electrons. The first-order chi connectivity index (χ1) is 11.2. The van der Waals surface area contributed by atoms with Crippen LogP contribution in [0.2, 0.25) is 0 Å². The summed E-state index contributed by atoms with van der Waals surface area (Å²) in [4.78, 5) is 14.5. The normalized spacial score (nSPS) is 21.0. The van der Waals surface area contributed by atoms with Crippen LogP contribution >= 0.6 is 10.6 Å². The van der Waals surface area contributed by atoms with E-state index >= 15 is 0 Å². The number of amides is 1. The standard InChI is InChI=1S/C18H25NO4S/c1-18(2,3)23-17(20)19-9-6-13(7-10-19)14-4-5-16-15(12-14)8-11-24(16,21)22/h4-6,12,21-22H,7-11H2,1-3H3. The van der Waals surface area contributed by atoms with Gasteiger partial charge in [-0.1, -0.05) is 12.1 Å². The van der Waals surface area contributed by atoms with Crippen LogP contribution in [0.3, 0.4) is 0 Å². The van der Waals surface area contributed by atoms with Gasteiger partial charge in [0.15, 0.2) is 0 Å². The van der Waals surface area contributed by atoms with Gasteiger partial charge in [-0.25, -0.2) is 4.79 Å². The van der Waals surface area contributed by atoms with Crippen molar-refractivity contribution in [2.24, 2.45) is 0 Å². The number of nitrogens with zero attached hydrogens (tertiary/aromatic N) is 1. The Balaban J connectivity index is 1.71. The summed E-state index contributed by atoms with van der Waals surface area (Å²) in [6, 6.07) is 5.85. The third kappa shape index (κ3) is 3.61. The maximum atomic E-state index is 12.1. The molecule has 1 aromatic carbocycles. The Hall–Kier alpha value is -1.50. The third-order valence-electron chi connectivity index (χ3n) is 4.30. The van der Waals surface area contributed by atoms with E-state index in [2.05, 4.69) is 12.1 Å². The lowest BCUT2D eigenvalue weighted by atomic mass is 9.97. The van der Waals surface area contributed by atoms with Crippen molar-refractivity contribution in [2.75, 3.05) is 18.8 Å². The monoisotopic (exact) mass is 351 g/mol. The summed E-state index contributed by atoms with van der Waals surface area (Å²) >= 11 is 0. The largest absolute Gasteiger partial charge is 0.444 e. The van der Waals surface area contributed by atoms with E-state index in [0.717, 1.165) is 17.5 Å². The molecule has 1 amide bonds. The van der Waals surface area contributed by atoms with Gasteiger partial charge in [0.05, 0.1) is 4.90 Å². The molecule has 0 aromatic heterocycles. The van der Waals surface area contributed by atoms with Crippen molar-refractivity contribution < 1.29 is 18.6 Å². The second kappa shape index (κ2) is 6.10. The molecule has 0 spiro atoms. The minimum absolute atomic E-state index is 0.277. The van der Waals surface area contributed by atoms with Crippen LogP contribution in [0.5, 0.6) is 0 Å². The average molecular weight is 351 g/mol. The molecule has 24 heavy (non-hydrogen) atoms. The molecule has 0 aliphatic carbocycles. The van der Waals surface area contributed by atoms with Gasteiger partial charge in [-0.05, 0) is 62.4 Å². The van der Waals surface area contributed by atoms with Crippen molar-refractivity contribution in [2.45, 2.75) is 44.1 Å². The molecule has 2 N–H and O–H groups in total. The van der Waals surface area contributed by atoms with E-state index in [0.29, 0.717) is 30.2 Å². The van der Waals surface area contributed by atoms with E-state index in [1.54, 1.807) is 4.90 Å². The molecule has 0 saturated carbocycles. The van der Waals surface area contributed by atoms with Gasteiger partial charge >= 0.3 is 6.09 Å². The molecule has 0 bridgehead atoms. The third-order valence-corrected chi connectivity index (χ3v) is 6.18. The first kappa shape index (κ1) is 17.3. The molecule has 3 rings (SSSR count). The predicted octanol–water partition coefficient (Wildman–Crippen LogP) is 4.38. The maximum Gasteiger partial charge on any atom is 0.410 e. The second-order valence-electron chi connectivity index (χ2n) is 7.35. The highest BCUT2D eigenvalue weighted by Crippen LogP contribution is 2.55. The van der Waals surface area contributed by atoms with E-state index in [9.17, 15) is 13.9 Å². The van der Waals surface area contributed by atoms with Crippen molar-refractivity contribution >= 4 is 22.3 Å². The van der Waals surface area contributed by atoms with E-state index in [4.69, 9.17) is 4.74 Å². The molecular weight excluding hydrogens is 326 g/mol. The van der Waals surface area contributed by atoms with Gasteiger partial charge in [0.2, 0.25) is 0 Å². The first-order valence-electron chi connectivity index (χ1n) is 8.22. The highest BCUT2D eigenvalue weighted by atomic mass is 32.3. The number of hydrogen-bond acceptors (Lipinski definition) is 4. The smallest absolute Gasteiger partial charge is 0.410 e. The van der Waals surface area contributed by atoms with Crippen molar-refractivity contribution in [3.63, 3.8) is 0 Å². The maximum absolute atomic E-state index is 12.1. The number of carbonyl (C=O) groups excluding carboxylic acids is 1. The number of fused-ring (bicyclic) bond motifs is 1. The zero-order chi connectivity index (χ0) is 17.5. The molecule has 0 unspecified atom stereocenters. The summed E-state index contributed by atoms with van der Waals surface area (Å²) in [7, 11) is -2.58. The number of benzene rings is 1. The Morgan fingerprint density at radius 3 is 2.62 bits per heavy atom. The topological polar surface area (TPSA) is 70.0 Å². The number of aryl methyl sites for hydroxylation is 1. The lowest BCUT2D eigenvalue weighted by Gasteiger charge is -2.30. The Kier molecular flexibility index (Phi) is 4.40. The Labute approximate surface area is 144 Å². The highest BCUT2D eigenvalue weighted by molar-refractivity contribution is 8.24. The number of hydrogen-bond donors (Lipinski definition) is 2. The van der Waals surface area contributed by atoms with Gasteiger partial charge in [0, 0.05) is 18.8 Å². The van der Waals surface area contributed by atoms with Crippen molar-refractivity contribution in [1.29, 1.82) is 0 Å². The van der Waals surface area contributed by atoms with Gasteiger partial charge in [-0.3, -0.25) is 9.11 Å². The van der Waals surface area contributed by atoms with Gasteiger partial charge in [0.1, 0.15) is 5.60 Å². The van der Waals surface area contributed by atoms with Crippen LogP contribution in [0.15, 0.2) is 29.2 Å². The molecule has 2 aliphatic heterocycles. The van der Waals surface area contributed by atoms with E-state index < -0.39 is 16.2 Å². The molecule has 0 fully saturated rings. The average Bonchev–Trinajstić information content (AvgIpc) is 2.81. The van der Waals surface area contributed by atoms with Gasteiger partial charge in [-0.15, -0.1) is 0 Å². The van der Waals surface area contributed by atoms with Crippen molar-refractivity contribution in [3.05, 3.63) is 35.4 Å². The summed E-state index contributed by atoms with van der Waals surface area (Å²) in [5.41, 5.74) is 2.85.